The number of benzene rings is 1. The third-order valence-corrected chi connectivity index (χ3v) is 5.32. The van der Waals surface area contributed by atoms with E-state index < -0.39 is 0 Å². The molecule has 1 aliphatic rings. The van der Waals surface area contributed by atoms with Crippen molar-refractivity contribution in [3.63, 3.8) is 0 Å². The maximum Gasteiger partial charge on any atom is 0.238 e. The summed E-state index contributed by atoms with van der Waals surface area (Å²) in [6, 6.07) is 5.83. The highest BCUT2D eigenvalue weighted by Crippen LogP contribution is 2.46. The van der Waals surface area contributed by atoms with Crippen molar-refractivity contribution >= 4 is 23.5 Å². The largest absolute Gasteiger partial charge is 0.493 e. The second kappa shape index (κ2) is 6.16. The molecule has 0 bridgehead atoms. The second-order valence-corrected chi connectivity index (χ2v) is 6.82. The van der Waals surface area contributed by atoms with Crippen molar-refractivity contribution in [2.75, 3.05) is 19.5 Å². The first-order valence-corrected chi connectivity index (χ1v) is 8.22. The van der Waals surface area contributed by atoms with Crippen LogP contribution < -0.4 is 14.8 Å². The lowest BCUT2D eigenvalue weighted by Crippen LogP contribution is -2.21. The third kappa shape index (κ3) is 2.76. The molecule has 6 nitrogen and oxygen atoms in total. The minimum Gasteiger partial charge on any atom is -0.493 e. The molecule has 2 N–H and O–H groups in total. The summed E-state index contributed by atoms with van der Waals surface area (Å²) in [4.78, 5) is 12.2. The Morgan fingerprint density at radius 3 is 2.65 bits per heavy atom. The molecule has 1 aliphatic heterocycles. The number of methoxy groups -OCH3 is 2. The lowest BCUT2D eigenvalue weighted by molar-refractivity contribution is -0.115. The molecule has 0 radical (unpaired) electrons. The molecule has 1 aromatic heterocycles. The lowest BCUT2D eigenvalue weighted by Gasteiger charge is -2.19. The summed E-state index contributed by atoms with van der Waals surface area (Å²) < 4.78 is 10.7. The fraction of sp³-hybridized carbons (Fsp3) is 0.375. The van der Waals surface area contributed by atoms with Crippen LogP contribution in [0.2, 0.25) is 0 Å². The number of carbonyl (C=O) groups is 1. The smallest absolute Gasteiger partial charge is 0.238 e. The van der Waals surface area contributed by atoms with Gasteiger partial charge in [-0.3, -0.25) is 9.89 Å². The van der Waals surface area contributed by atoms with Crippen LogP contribution in [0.5, 0.6) is 11.5 Å². The Morgan fingerprint density at radius 1 is 1.22 bits per heavy atom. The van der Waals surface area contributed by atoms with Crippen LogP contribution in [0.4, 0.5) is 5.82 Å². The number of fused-ring (bicyclic) bond motifs is 1. The maximum atomic E-state index is 12.2. The Hall–Kier alpha value is -2.15. The van der Waals surface area contributed by atoms with Gasteiger partial charge in [-0.1, -0.05) is 6.07 Å². The minimum atomic E-state index is -0.179. The van der Waals surface area contributed by atoms with Gasteiger partial charge in [-0.05, 0) is 31.5 Å². The van der Waals surface area contributed by atoms with Crippen molar-refractivity contribution in [3.8, 4) is 11.5 Å². The SMILES string of the molecule is COc1ccc(C2SC(C)C(=O)Nc3n[nH]c(C)c32)cc1OC. The first-order valence-electron chi connectivity index (χ1n) is 7.28. The van der Waals surface area contributed by atoms with Gasteiger partial charge in [0.05, 0.1) is 24.7 Å². The molecule has 0 aliphatic carbocycles. The van der Waals surface area contributed by atoms with E-state index in [-0.39, 0.29) is 16.4 Å². The quantitative estimate of drug-likeness (QED) is 0.903. The number of amides is 1. The molecule has 7 heteroatoms. The standard InChI is InChI=1S/C16H19N3O3S/c1-8-13-14(10-5-6-11(21-3)12(7-10)22-4)23-9(2)16(20)17-15(13)19-18-8/h5-7,9,14H,1-4H3,(H2,17,18,19,20). The Bertz CT molecular complexity index is 744. The average molecular weight is 333 g/mol. The summed E-state index contributed by atoms with van der Waals surface area (Å²) in [5, 5.41) is 9.88. The predicted octanol–water partition coefficient (Wildman–Crippen LogP) is 2.90. The topological polar surface area (TPSA) is 76.2 Å². The van der Waals surface area contributed by atoms with Crippen molar-refractivity contribution in [1.82, 2.24) is 10.2 Å². The molecule has 0 spiro atoms. The summed E-state index contributed by atoms with van der Waals surface area (Å²) in [5.41, 5.74) is 2.99. The molecule has 122 valence electrons. The molecule has 0 fully saturated rings. The Balaban J connectivity index is 2.10. The monoisotopic (exact) mass is 333 g/mol. The average Bonchev–Trinajstić information content (AvgIpc) is 2.85. The highest BCUT2D eigenvalue weighted by molar-refractivity contribution is 8.01. The fourth-order valence-electron chi connectivity index (χ4n) is 2.67. The van der Waals surface area contributed by atoms with E-state index >= 15 is 0 Å². The van der Waals surface area contributed by atoms with E-state index in [1.54, 1.807) is 26.0 Å². The van der Waals surface area contributed by atoms with Gasteiger partial charge in [-0.25, -0.2) is 0 Å². The van der Waals surface area contributed by atoms with Crippen molar-refractivity contribution in [3.05, 3.63) is 35.0 Å². The highest BCUT2D eigenvalue weighted by atomic mass is 32.2. The normalized spacial score (nSPS) is 20.4. The maximum absolute atomic E-state index is 12.2. The van der Waals surface area contributed by atoms with Crippen LogP contribution in [0, 0.1) is 6.92 Å². The summed E-state index contributed by atoms with van der Waals surface area (Å²) in [6.45, 7) is 3.86. The molecule has 2 aromatic rings. The summed E-state index contributed by atoms with van der Waals surface area (Å²) in [6.07, 6.45) is 0. The summed E-state index contributed by atoms with van der Waals surface area (Å²) in [5.74, 6) is 1.92. The number of anilines is 1. The fourth-order valence-corrected chi connectivity index (χ4v) is 3.99. The lowest BCUT2D eigenvalue weighted by atomic mass is 10.0. The number of ether oxygens (including phenoxy) is 2. The zero-order valence-electron chi connectivity index (χ0n) is 13.5. The number of nitrogens with zero attached hydrogens (tertiary/aromatic N) is 1. The molecule has 1 aromatic carbocycles. The van der Waals surface area contributed by atoms with Crippen LogP contribution >= 0.6 is 11.8 Å². The number of hydrogen-bond acceptors (Lipinski definition) is 5. The first kappa shape index (κ1) is 15.7. The number of aryl methyl sites for hydroxylation is 1. The molecule has 2 atom stereocenters. The van der Waals surface area contributed by atoms with Gasteiger partial charge in [0, 0.05) is 11.3 Å². The van der Waals surface area contributed by atoms with Crippen molar-refractivity contribution in [2.24, 2.45) is 0 Å². The van der Waals surface area contributed by atoms with Gasteiger partial charge in [0.25, 0.3) is 0 Å². The summed E-state index contributed by atoms with van der Waals surface area (Å²) >= 11 is 1.59. The predicted molar refractivity (Wildman–Crippen MR) is 90.4 cm³/mol. The van der Waals surface area contributed by atoms with E-state index in [9.17, 15) is 4.79 Å². The molecular weight excluding hydrogens is 314 g/mol. The van der Waals surface area contributed by atoms with Gasteiger partial charge in [0.15, 0.2) is 17.3 Å². The zero-order valence-corrected chi connectivity index (χ0v) is 14.3. The van der Waals surface area contributed by atoms with Crippen molar-refractivity contribution < 1.29 is 14.3 Å². The van der Waals surface area contributed by atoms with E-state index in [2.05, 4.69) is 15.5 Å². The number of rotatable bonds is 3. The van der Waals surface area contributed by atoms with Crippen LogP contribution in [0.3, 0.4) is 0 Å². The minimum absolute atomic E-state index is 0.0162. The molecule has 1 amide bonds. The Kier molecular flexibility index (Phi) is 4.21. The van der Waals surface area contributed by atoms with Crippen molar-refractivity contribution in [1.29, 1.82) is 0 Å². The van der Waals surface area contributed by atoms with E-state index in [4.69, 9.17) is 9.47 Å². The Morgan fingerprint density at radius 2 is 1.96 bits per heavy atom. The van der Waals surface area contributed by atoms with Crippen LogP contribution in [-0.2, 0) is 4.79 Å². The van der Waals surface area contributed by atoms with Gasteiger partial charge in [0.1, 0.15) is 0 Å². The number of nitrogens with one attached hydrogen (secondary N) is 2. The molecule has 0 saturated heterocycles. The molecular formula is C16H19N3O3S. The van der Waals surface area contributed by atoms with Crippen LogP contribution in [-0.4, -0.2) is 35.6 Å². The number of thioether (sulfide) groups is 1. The molecule has 2 heterocycles. The third-order valence-electron chi connectivity index (χ3n) is 3.92. The molecule has 23 heavy (non-hydrogen) atoms. The van der Waals surface area contributed by atoms with Crippen LogP contribution in [0.15, 0.2) is 18.2 Å². The van der Waals surface area contributed by atoms with Gasteiger partial charge in [-0.15, -0.1) is 11.8 Å². The number of H-pyrrole nitrogens is 1. The van der Waals surface area contributed by atoms with E-state index in [0.717, 1.165) is 16.8 Å². The number of aromatic amines is 1. The van der Waals surface area contributed by atoms with E-state index in [1.807, 2.05) is 32.0 Å². The molecule has 0 saturated carbocycles. The molecule has 3 rings (SSSR count). The van der Waals surface area contributed by atoms with Crippen LogP contribution in [0.25, 0.3) is 0 Å². The zero-order chi connectivity index (χ0) is 16.6. The van der Waals surface area contributed by atoms with Gasteiger partial charge >= 0.3 is 0 Å². The number of carbonyl (C=O) groups excluding carboxylic acids is 1. The van der Waals surface area contributed by atoms with Gasteiger partial charge in [0.2, 0.25) is 5.91 Å². The van der Waals surface area contributed by atoms with Crippen molar-refractivity contribution in [2.45, 2.75) is 24.3 Å². The van der Waals surface area contributed by atoms with Gasteiger partial charge in [-0.2, -0.15) is 5.10 Å². The summed E-state index contributed by atoms with van der Waals surface area (Å²) in [7, 11) is 3.23. The highest BCUT2D eigenvalue weighted by Gasteiger charge is 2.32. The van der Waals surface area contributed by atoms with E-state index in [1.165, 1.54) is 0 Å². The van der Waals surface area contributed by atoms with Gasteiger partial charge < -0.3 is 14.8 Å². The second-order valence-electron chi connectivity index (χ2n) is 5.37. The van der Waals surface area contributed by atoms with E-state index in [0.29, 0.717) is 17.3 Å². The van der Waals surface area contributed by atoms with Crippen LogP contribution in [0.1, 0.15) is 29.0 Å². The number of aromatic nitrogens is 2. The molecule has 2 unspecified atom stereocenters. The number of hydrogen-bond donors (Lipinski definition) is 2. The Labute approximate surface area is 138 Å². The first-order chi connectivity index (χ1) is 11.0.